The molecule has 0 aromatic carbocycles. The van der Waals surface area contributed by atoms with Gasteiger partial charge in [0, 0.05) is 0 Å². The Kier molecular flexibility index (Phi) is 12.8. The maximum absolute atomic E-state index is 12.9. The van der Waals surface area contributed by atoms with E-state index in [0.29, 0.717) is 0 Å². The fraction of sp³-hybridized carbons (Fsp3) is 0.969. The van der Waals surface area contributed by atoms with E-state index in [1.165, 1.54) is 109 Å². The third-order valence-electron chi connectivity index (χ3n) is 10.1. The number of carbonyl (C=O) groups is 1. The number of carbonyl (C=O) groups excluding carboxylic acids is 1. The van der Waals surface area contributed by atoms with Gasteiger partial charge in [0.2, 0.25) is 0 Å². The normalized spacial score (nSPS) is 34.6. The van der Waals surface area contributed by atoms with Crippen molar-refractivity contribution >= 4 is 5.97 Å². The summed E-state index contributed by atoms with van der Waals surface area (Å²) in [6.45, 7) is 7.12. The monoisotopic (exact) mass is 474 g/mol. The maximum atomic E-state index is 12.9. The molecule has 0 amide bonds. The lowest BCUT2D eigenvalue weighted by Gasteiger charge is -2.41. The van der Waals surface area contributed by atoms with E-state index in [1.807, 2.05) is 0 Å². The van der Waals surface area contributed by atoms with Gasteiger partial charge >= 0.3 is 5.97 Å². The first-order chi connectivity index (χ1) is 16.6. The van der Waals surface area contributed by atoms with Gasteiger partial charge in [-0.2, -0.15) is 0 Å². The van der Waals surface area contributed by atoms with Crippen molar-refractivity contribution in [2.24, 2.45) is 35.5 Å². The van der Waals surface area contributed by atoms with Gasteiger partial charge in [0.25, 0.3) is 0 Å². The Morgan fingerprint density at radius 2 is 1.26 bits per heavy atom. The molecule has 0 aromatic heterocycles. The molecule has 34 heavy (non-hydrogen) atoms. The second kappa shape index (κ2) is 15.6. The minimum atomic E-state index is 0.146. The standard InChI is InChI=1S/C32H58O2/c1-4-6-8-9-11-13-27-16-23-31(25(3)24-27)28-17-19-29(20-18-28)32(33)34-30-21-14-26(15-22-30)12-10-7-5-2/h25-31H,4-24H2,1-3H3/t25-,26?,27+,28-,29-,30?,31-/m1/s1. The largest absolute Gasteiger partial charge is 0.462 e. The molecule has 2 nitrogen and oxygen atoms in total. The molecule has 0 N–H and O–H groups in total. The van der Waals surface area contributed by atoms with Crippen molar-refractivity contribution in [1.29, 1.82) is 0 Å². The van der Waals surface area contributed by atoms with Gasteiger partial charge in [0.05, 0.1) is 5.92 Å². The summed E-state index contributed by atoms with van der Waals surface area (Å²) < 4.78 is 6.04. The van der Waals surface area contributed by atoms with Gasteiger partial charge in [-0.3, -0.25) is 4.79 Å². The van der Waals surface area contributed by atoms with Gasteiger partial charge in [-0.05, 0) is 93.8 Å². The zero-order valence-corrected chi connectivity index (χ0v) is 23.2. The number of hydrogen-bond acceptors (Lipinski definition) is 2. The fourth-order valence-corrected chi connectivity index (χ4v) is 7.80. The number of unbranched alkanes of at least 4 members (excludes halogenated alkanes) is 6. The molecule has 2 heteroatoms. The third-order valence-corrected chi connectivity index (χ3v) is 10.1. The zero-order chi connectivity index (χ0) is 24.2. The Morgan fingerprint density at radius 1 is 0.676 bits per heavy atom. The lowest BCUT2D eigenvalue weighted by atomic mass is 9.64. The number of rotatable bonds is 13. The van der Waals surface area contributed by atoms with Gasteiger partial charge < -0.3 is 4.74 Å². The SMILES string of the molecule is CCCCCCC[C@H]1CC[C@@H]([C@H]2CC[C@H](C(=O)OC3CCC(CCCCC)CC3)CC2)[C@H](C)C1. The molecule has 3 saturated carbocycles. The molecule has 3 rings (SSSR count). The summed E-state index contributed by atoms with van der Waals surface area (Å²) in [6, 6.07) is 0. The Labute approximate surface area is 212 Å². The summed E-state index contributed by atoms with van der Waals surface area (Å²) >= 11 is 0. The second-order valence-electron chi connectivity index (χ2n) is 12.7. The van der Waals surface area contributed by atoms with Crippen LogP contribution < -0.4 is 0 Å². The van der Waals surface area contributed by atoms with Crippen molar-refractivity contribution in [3.05, 3.63) is 0 Å². The van der Waals surface area contributed by atoms with Crippen LogP contribution in [0.1, 0.15) is 156 Å². The highest BCUT2D eigenvalue weighted by Gasteiger charge is 2.37. The topological polar surface area (TPSA) is 26.3 Å². The average molecular weight is 475 g/mol. The lowest BCUT2D eigenvalue weighted by Crippen LogP contribution is -2.34. The van der Waals surface area contributed by atoms with Gasteiger partial charge in [-0.1, -0.05) is 91.4 Å². The highest BCUT2D eigenvalue weighted by molar-refractivity contribution is 5.72. The van der Waals surface area contributed by atoms with Crippen LogP contribution in [0.15, 0.2) is 0 Å². The van der Waals surface area contributed by atoms with Crippen molar-refractivity contribution in [3.8, 4) is 0 Å². The third kappa shape index (κ3) is 9.16. The van der Waals surface area contributed by atoms with Crippen LogP contribution in [-0.2, 0) is 9.53 Å². The summed E-state index contributed by atoms with van der Waals surface area (Å²) in [6.07, 6.45) is 28.1. The molecule has 3 aliphatic rings. The predicted molar refractivity (Wildman–Crippen MR) is 145 cm³/mol. The van der Waals surface area contributed by atoms with E-state index >= 15 is 0 Å². The summed E-state index contributed by atoms with van der Waals surface area (Å²) in [5.74, 6) is 4.87. The molecular weight excluding hydrogens is 416 g/mol. The fourth-order valence-electron chi connectivity index (χ4n) is 7.80. The van der Waals surface area contributed by atoms with Gasteiger partial charge in [0.1, 0.15) is 6.10 Å². The summed E-state index contributed by atoms with van der Waals surface area (Å²) in [7, 11) is 0. The van der Waals surface area contributed by atoms with Crippen molar-refractivity contribution in [2.75, 3.05) is 0 Å². The van der Waals surface area contributed by atoms with E-state index in [4.69, 9.17) is 4.74 Å². The highest BCUT2D eigenvalue weighted by Crippen LogP contribution is 2.45. The first-order valence-corrected chi connectivity index (χ1v) is 15.8. The Hall–Kier alpha value is -0.530. The number of ether oxygens (including phenoxy) is 1. The van der Waals surface area contributed by atoms with Crippen LogP contribution in [0.3, 0.4) is 0 Å². The van der Waals surface area contributed by atoms with Gasteiger partial charge in [0.15, 0.2) is 0 Å². The lowest BCUT2D eigenvalue weighted by molar-refractivity contribution is -0.157. The van der Waals surface area contributed by atoms with E-state index in [9.17, 15) is 4.79 Å². The second-order valence-corrected chi connectivity index (χ2v) is 12.7. The molecule has 0 saturated heterocycles. The Balaban J connectivity index is 1.29. The summed E-state index contributed by atoms with van der Waals surface area (Å²) in [5.41, 5.74) is 0. The highest BCUT2D eigenvalue weighted by atomic mass is 16.5. The van der Waals surface area contributed by atoms with Crippen molar-refractivity contribution in [3.63, 3.8) is 0 Å². The first kappa shape index (κ1) is 28.0. The Bertz CT molecular complexity index is 541. The molecule has 0 bridgehead atoms. The van der Waals surface area contributed by atoms with Gasteiger partial charge in [-0.25, -0.2) is 0 Å². The van der Waals surface area contributed by atoms with Crippen LogP contribution in [0.25, 0.3) is 0 Å². The van der Waals surface area contributed by atoms with Gasteiger partial charge in [-0.15, -0.1) is 0 Å². The molecule has 0 radical (unpaired) electrons. The van der Waals surface area contributed by atoms with Crippen LogP contribution in [0.2, 0.25) is 0 Å². The molecule has 0 unspecified atom stereocenters. The van der Waals surface area contributed by atoms with E-state index in [-0.39, 0.29) is 18.0 Å². The van der Waals surface area contributed by atoms with E-state index in [1.54, 1.807) is 0 Å². The van der Waals surface area contributed by atoms with Crippen molar-refractivity contribution < 1.29 is 9.53 Å². The minimum absolute atomic E-state index is 0.146. The summed E-state index contributed by atoms with van der Waals surface area (Å²) in [5, 5.41) is 0. The van der Waals surface area contributed by atoms with E-state index in [0.717, 1.165) is 55.3 Å². The molecule has 0 heterocycles. The number of esters is 1. The predicted octanol–water partition coefficient (Wildman–Crippen LogP) is 9.89. The van der Waals surface area contributed by atoms with Crippen LogP contribution in [0.4, 0.5) is 0 Å². The zero-order valence-electron chi connectivity index (χ0n) is 23.2. The Morgan fingerprint density at radius 3 is 1.94 bits per heavy atom. The van der Waals surface area contributed by atoms with Crippen LogP contribution in [-0.4, -0.2) is 12.1 Å². The van der Waals surface area contributed by atoms with Crippen LogP contribution in [0, 0.1) is 35.5 Å². The molecule has 0 aliphatic heterocycles. The first-order valence-electron chi connectivity index (χ1n) is 15.8. The molecule has 3 fully saturated rings. The molecule has 3 aliphatic carbocycles. The number of hydrogen-bond donors (Lipinski definition) is 0. The molecule has 0 spiro atoms. The molecule has 3 atom stereocenters. The van der Waals surface area contributed by atoms with Crippen LogP contribution in [0.5, 0.6) is 0 Å². The van der Waals surface area contributed by atoms with Crippen LogP contribution >= 0.6 is 0 Å². The van der Waals surface area contributed by atoms with Crippen molar-refractivity contribution in [1.82, 2.24) is 0 Å². The smallest absolute Gasteiger partial charge is 0.309 e. The van der Waals surface area contributed by atoms with E-state index in [2.05, 4.69) is 20.8 Å². The van der Waals surface area contributed by atoms with Crippen molar-refractivity contribution in [2.45, 2.75) is 162 Å². The molecule has 198 valence electrons. The molecule has 0 aromatic rings. The minimum Gasteiger partial charge on any atom is -0.462 e. The quantitative estimate of drug-likeness (QED) is 0.196. The average Bonchev–Trinajstić information content (AvgIpc) is 2.85. The summed E-state index contributed by atoms with van der Waals surface area (Å²) in [4.78, 5) is 12.9. The maximum Gasteiger partial charge on any atom is 0.309 e. The van der Waals surface area contributed by atoms with E-state index < -0.39 is 0 Å². The molecular formula is C32H58O2.